The molecule has 3 atom stereocenters. The van der Waals surface area contributed by atoms with Crippen molar-refractivity contribution in [2.45, 2.75) is 36.6 Å². The van der Waals surface area contributed by atoms with E-state index in [9.17, 15) is 22.9 Å². The van der Waals surface area contributed by atoms with Gasteiger partial charge in [0.2, 0.25) is 22.5 Å². The molecule has 3 aliphatic heterocycles. The van der Waals surface area contributed by atoms with E-state index in [2.05, 4.69) is 10.1 Å². The lowest BCUT2D eigenvalue weighted by Gasteiger charge is -2.39. The molecule has 12 heteroatoms. The van der Waals surface area contributed by atoms with Crippen LogP contribution >= 0.6 is 0 Å². The highest BCUT2D eigenvalue weighted by atomic mass is 32.2. The minimum atomic E-state index is -3.64. The number of sulfonamides is 1. The van der Waals surface area contributed by atoms with Crippen molar-refractivity contribution in [1.29, 1.82) is 0 Å². The van der Waals surface area contributed by atoms with Crippen LogP contribution in [0.5, 0.6) is 0 Å². The van der Waals surface area contributed by atoms with Gasteiger partial charge in [0.15, 0.2) is 0 Å². The van der Waals surface area contributed by atoms with Crippen LogP contribution in [-0.2, 0) is 19.6 Å². The Morgan fingerprint density at radius 2 is 1.73 bits per heavy atom. The van der Waals surface area contributed by atoms with Crippen molar-refractivity contribution in [1.82, 2.24) is 9.31 Å². The molecule has 0 bridgehead atoms. The quantitative estimate of drug-likeness (QED) is 0.602. The first-order chi connectivity index (χ1) is 15.7. The maximum Gasteiger partial charge on any atom is 0.411 e. The summed E-state index contributed by atoms with van der Waals surface area (Å²) in [6.07, 6.45) is 2.44. The zero-order valence-corrected chi connectivity index (χ0v) is 19.4. The maximum atomic E-state index is 13.1. The molecule has 0 radical (unpaired) electrons. The summed E-state index contributed by atoms with van der Waals surface area (Å²) in [7, 11) is -2.38. The number of hydrazine groups is 1. The molecule has 4 rings (SSSR count). The van der Waals surface area contributed by atoms with Gasteiger partial charge in [0, 0.05) is 18.8 Å². The molecule has 3 unspecified atom stereocenters. The summed E-state index contributed by atoms with van der Waals surface area (Å²) >= 11 is 0. The maximum absolute atomic E-state index is 13.1. The van der Waals surface area contributed by atoms with E-state index in [0.29, 0.717) is 37.2 Å². The van der Waals surface area contributed by atoms with Crippen molar-refractivity contribution < 1.29 is 27.6 Å². The number of amides is 2. The van der Waals surface area contributed by atoms with Gasteiger partial charge in [-0.05, 0) is 61.8 Å². The van der Waals surface area contributed by atoms with E-state index in [-0.39, 0.29) is 17.5 Å². The van der Waals surface area contributed by atoms with Crippen LogP contribution in [-0.4, -0.2) is 73.9 Å². The molecule has 0 aromatic heterocycles. The van der Waals surface area contributed by atoms with Crippen molar-refractivity contribution in [2.75, 3.05) is 38.6 Å². The molecular weight excluding hydrogens is 450 g/mol. The van der Waals surface area contributed by atoms with Crippen LogP contribution in [0.2, 0.25) is 0 Å². The predicted molar refractivity (Wildman–Crippen MR) is 118 cm³/mol. The average molecular weight is 481 g/mol. The molecule has 3 aliphatic rings. The summed E-state index contributed by atoms with van der Waals surface area (Å²) in [5.74, 6) is -0.201. The van der Waals surface area contributed by atoms with E-state index in [1.54, 1.807) is 5.01 Å². The lowest BCUT2D eigenvalue weighted by molar-refractivity contribution is -0.692. The second kappa shape index (κ2) is 9.26. The van der Waals surface area contributed by atoms with Crippen molar-refractivity contribution in [3.8, 4) is 0 Å². The highest BCUT2D eigenvalue weighted by Crippen LogP contribution is 2.39. The van der Waals surface area contributed by atoms with Gasteiger partial charge in [0.25, 0.3) is 0 Å². The number of piperidine rings is 2. The number of nitrogens with two attached hydrogens (primary N) is 1. The van der Waals surface area contributed by atoms with Gasteiger partial charge in [0.05, 0.1) is 23.5 Å². The number of benzene rings is 1. The molecule has 33 heavy (non-hydrogen) atoms. The second-order valence-electron chi connectivity index (χ2n) is 8.94. The molecule has 0 saturated carbocycles. The first kappa shape index (κ1) is 23.4. The third kappa shape index (κ3) is 4.67. The van der Waals surface area contributed by atoms with Gasteiger partial charge >= 0.3 is 6.09 Å². The standard InChI is InChI=1S/C21H29N5O6S/c1-32-21(28)23-16-2-4-17(5-3-16)33(30,31)24-9-6-14(7-10-24)15-8-11-25-19(12-15)18(20(22)27)13-26(25)29/h2-5,14-15,18-19H,6-13H2,1H3,(H2-,22,23,27,28)/p+1. The first-order valence-electron chi connectivity index (χ1n) is 11.2. The number of nitroso groups, excluding NO2 is 1. The fraction of sp³-hybridized carbons (Fsp3) is 0.619. The fourth-order valence-electron chi connectivity index (χ4n) is 5.38. The van der Waals surface area contributed by atoms with Gasteiger partial charge in [-0.25, -0.2) is 13.2 Å². The number of anilines is 1. The second-order valence-corrected chi connectivity index (χ2v) is 10.9. The third-order valence-corrected chi connectivity index (χ3v) is 9.13. The molecule has 3 heterocycles. The number of nitrogens with zero attached hydrogens (tertiary/aromatic N) is 3. The van der Waals surface area contributed by atoms with Gasteiger partial charge in [0.1, 0.15) is 16.8 Å². The van der Waals surface area contributed by atoms with E-state index < -0.39 is 27.9 Å². The Hall–Kier alpha value is -2.73. The number of hydrogen-bond acceptors (Lipinski definition) is 6. The Balaban J connectivity index is 1.36. The minimum absolute atomic E-state index is 0.122. The molecule has 0 aliphatic carbocycles. The van der Waals surface area contributed by atoms with Crippen LogP contribution < -0.4 is 11.1 Å². The molecule has 1 aromatic carbocycles. The smallest absolute Gasteiger partial charge is 0.411 e. The molecule has 2 amide bonds. The van der Waals surface area contributed by atoms with Crippen molar-refractivity contribution in [3.63, 3.8) is 0 Å². The molecule has 3 fully saturated rings. The number of primary amides is 1. The monoisotopic (exact) mass is 480 g/mol. The Bertz CT molecular complexity index is 1020. The number of rotatable bonds is 5. The Morgan fingerprint density at radius 1 is 1.09 bits per heavy atom. The van der Waals surface area contributed by atoms with Crippen molar-refractivity contribution in [3.05, 3.63) is 29.2 Å². The first-order valence-corrected chi connectivity index (χ1v) is 12.6. The molecular formula is C21H30N5O6S+. The molecule has 180 valence electrons. The summed E-state index contributed by atoms with van der Waals surface area (Å²) in [6, 6.07) is 5.85. The van der Waals surface area contributed by atoms with Crippen molar-refractivity contribution in [2.24, 2.45) is 23.5 Å². The van der Waals surface area contributed by atoms with Gasteiger partial charge in [-0.15, -0.1) is 5.01 Å². The van der Waals surface area contributed by atoms with Crippen LogP contribution in [0.4, 0.5) is 10.5 Å². The minimum Gasteiger partial charge on any atom is -0.453 e. The Kier molecular flexibility index (Phi) is 6.57. The largest absolute Gasteiger partial charge is 0.453 e. The normalized spacial score (nSPS) is 26.6. The van der Waals surface area contributed by atoms with Crippen molar-refractivity contribution >= 4 is 27.7 Å². The third-order valence-electron chi connectivity index (χ3n) is 7.21. The number of methoxy groups -OCH3 is 1. The Morgan fingerprint density at radius 3 is 2.33 bits per heavy atom. The van der Waals surface area contributed by atoms with Crippen LogP contribution in [0.25, 0.3) is 0 Å². The summed E-state index contributed by atoms with van der Waals surface area (Å²) < 4.78 is 32.2. The number of carbonyl (C=O) groups excluding carboxylic acids is 2. The van der Waals surface area contributed by atoms with Crippen LogP contribution in [0.3, 0.4) is 0 Å². The Labute approximate surface area is 192 Å². The highest BCUT2D eigenvalue weighted by Gasteiger charge is 2.53. The lowest BCUT2D eigenvalue weighted by Crippen LogP contribution is -2.48. The topological polar surface area (TPSA) is 142 Å². The van der Waals surface area contributed by atoms with Crippen LogP contribution in [0.15, 0.2) is 29.2 Å². The van der Waals surface area contributed by atoms with E-state index in [4.69, 9.17) is 5.73 Å². The zero-order chi connectivity index (χ0) is 23.8. The van der Waals surface area contributed by atoms with Gasteiger partial charge < -0.3 is 10.5 Å². The van der Waals surface area contributed by atoms with Crippen LogP contribution in [0.1, 0.15) is 25.7 Å². The molecule has 3 saturated heterocycles. The summed E-state index contributed by atoms with van der Waals surface area (Å²) in [4.78, 5) is 36.3. The molecule has 11 nitrogen and oxygen atoms in total. The van der Waals surface area contributed by atoms with Crippen LogP contribution in [0, 0.1) is 22.7 Å². The number of carbonyl (C=O) groups is 2. The van der Waals surface area contributed by atoms with Gasteiger partial charge in [-0.2, -0.15) is 4.31 Å². The number of ether oxygens (including phenoxy) is 1. The van der Waals surface area contributed by atoms with E-state index in [1.165, 1.54) is 35.7 Å². The van der Waals surface area contributed by atoms with E-state index >= 15 is 0 Å². The van der Waals surface area contributed by atoms with Gasteiger partial charge in [-0.3, -0.25) is 10.1 Å². The molecule has 3 N–H and O–H groups in total. The fourth-order valence-corrected chi connectivity index (χ4v) is 6.85. The predicted octanol–water partition coefficient (Wildman–Crippen LogP) is 1.16. The number of hydrogen-bond donors (Lipinski definition) is 2. The number of fused-ring (bicyclic) bond motifs is 1. The zero-order valence-electron chi connectivity index (χ0n) is 18.6. The van der Waals surface area contributed by atoms with E-state index in [0.717, 1.165) is 30.6 Å². The van der Waals surface area contributed by atoms with E-state index in [1.807, 2.05) is 0 Å². The summed E-state index contributed by atoms with van der Waals surface area (Å²) in [5, 5.41) is 4.22. The summed E-state index contributed by atoms with van der Waals surface area (Å²) in [5.41, 5.74) is 5.97. The summed E-state index contributed by atoms with van der Waals surface area (Å²) in [6.45, 7) is 1.57. The highest BCUT2D eigenvalue weighted by molar-refractivity contribution is 7.89. The SMILES string of the molecule is COC(=O)Nc1ccc(S(=O)(=O)N2CCC(C3CCN4C(C3)C(C(N)=O)C[N+]4=O)CC2)cc1. The molecule has 0 spiro atoms. The lowest BCUT2D eigenvalue weighted by atomic mass is 9.75. The average Bonchev–Trinajstić information content (AvgIpc) is 3.15. The number of nitrogens with one attached hydrogen (secondary N) is 1. The molecule has 1 aromatic rings. The van der Waals surface area contributed by atoms with Gasteiger partial charge in [-0.1, -0.05) is 0 Å².